The van der Waals surface area contributed by atoms with Gasteiger partial charge in [-0.05, 0) is 42.8 Å². The molecule has 1 saturated heterocycles. The standard InChI is InChI=1S/C23H22FN5O2S/c1-16-4-2-7-20(12-16)29-22(28-8-10-30-11-9-28)26-27-23(29)32-15-19-14-31-21(25-19)17-5-3-6-18(24)13-17/h2-7,12-14H,8-11,15H2,1H3. The molecule has 0 radical (unpaired) electrons. The molecule has 1 fully saturated rings. The first-order valence-corrected chi connectivity index (χ1v) is 11.3. The van der Waals surface area contributed by atoms with Crippen molar-refractivity contribution in [3.8, 4) is 17.1 Å². The van der Waals surface area contributed by atoms with E-state index in [4.69, 9.17) is 9.15 Å². The quantitative estimate of drug-likeness (QED) is 0.400. The lowest BCUT2D eigenvalue weighted by Crippen LogP contribution is -2.37. The molecule has 7 nitrogen and oxygen atoms in total. The van der Waals surface area contributed by atoms with Gasteiger partial charge in [0.25, 0.3) is 0 Å². The number of halogens is 1. The van der Waals surface area contributed by atoms with Crippen LogP contribution in [0.5, 0.6) is 0 Å². The van der Waals surface area contributed by atoms with Crippen molar-refractivity contribution in [2.75, 3.05) is 31.2 Å². The molecule has 1 aliphatic rings. The highest BCUT2D eigenvalue weighted by Crippen LogP contribution is 2.30. The van der Waals surface area contributed by atoms with E-state index >= 15 is 0 Å². The summed E-state index contributed by atoms with van der Waals surface area (Å²) in [5.41, 5.74) is 3.54. The third-order valence-electron chi connectivity index (χ3n) is 5.14. The van der Waals surface area contributed by atoms with Crippen LogP contribution in [0.4, 0.5) is 10.3 Å². The second-order valence-corrected chi connectivity index (χ2v) is 8.44. The minimum Gasteiger partial charge on any atom is -0.444 e. The zero-order valence-electron chi connectivity index (χ0n) is 17.6. The Morgan fingerprint density at radius 3 is 2.72 bits per heavy atom. The van der Waals surface area contributed by atoms with Crippen LogP contribution < -0.4 is 4.90 Å². The van der Waals surface area contributed by atoms with Gasteiger partial charge in [0.1, 0.15) is 12.1 Å². The first-order valence-electron chi connectivity index (χ1n) is 10.4. The molecule has 2 aromatic carbocycles. The van der Waals surface area contributed by atoms with Gasteiger partial charge in [0.2, 0.25) is 11.8 Å². The molecule has 0 saturated carbocycles. The lowest BCUT2D eigenvalue weighted by Gasteiger charge is -2.28. The molecule has 9 heteroatoms. The Bertz CT molecular complexity index is 1220. The number of nitrogens with zero attached hydrogens (tertiary/aromatic N) is 5. The van der Waals surface area contributed by atoms with Crippen molar-refractivity contribution in [3.05, 3.63) is 71.9 Å². The van der Waals surface area contributed by atoms with E-state index in [2.05, 4.69) is 49.8 Å². The van der Waals surface area contributed by atoms with Crippen LogP contribution >= 0.6 is 11.8 Å². The number of morpholine rings is 1. The number of aryl methyl sites for hydroxylation is 1. The Balaban J connectivity index is 1.41. The lowest BCUT2D eigenvalue weighted by molar-refractivity contribution is 0.122. The van der Waals surface area contributed by atoms with Crippen molar-refractivity contribution in [2.45, 2.75) is 17.8 Å². The third kappa shape index (κ3) is 4.39. The van der Waals surface area contributed by atoms with E-state index < -0.39 is 0 Å². The summed E-state index contributed by atoms with van der Waals surface area (Å²) in [6.45, 7) is 4.96. The van der Waals surface area contributed by atoms with Crippen LogP contribution in [0.3, 0.4) is 0 Å². The number of thioether (sulfide) groups is 1. The van der Waals surface area contributed by atoms with Gasteiger partial charge in [-0.15, -0.1) is 10.2 Å². The van der Waals surface area contributed by atoms with E-state index in [9.17, 15) is 4.39 Å². The molecule has 5 rings (SSSR count). The van der Waals surface area contributed by atoms with Crippen molar-refractivity contribution in [3.63, 3.8) is 0 Å². The maximum atomic E-state index is 13.5. The van der Waals surface area contributed by atoms with Gasteiger partial charge >= 0.3 is 0 Å². The smallest absolute Gasteiger partial charge is 0.232 e. The predicted octanol–water partition coefficient (Wildman–Crippen LogP) is 4.50. The molecule has 32 heavy (non-hydrogen) atoms. The summed E-state index contributed by atoms with van der Waals surface area (Å²) < 4.78 is 26.7. The number of aromatic nitrogens is 4. The molecule has 0 aliphatic carbocycles. The molecule has 0 bridgehead atoms. The molecular formula is C23H22FN5O2S. The van der Waals surface area contributed by atoms with Crippen LogP contribution in [0, 0.1) is 12.7 Å². The topological polar surface area (TPSA) is 69.2 Å². The van der Waals surface area contributed by atoms with Crippen LogP contribution in [0.15, 0.2) is 64.4 Å². The molecule has 3 heterocycles. The summed E-state index contributed by atoms with van der Waals surface area (Å²) in [4.78, 5) is 6.71. The van der Waals surface area contributed by atoms with Crippen molar-refractivity contribution in [1.29, 1.82) is 0 Å². The van der Waals surface area contributed by atoms with Gasteiger partial charge in [0.05, 0.1) is 24.6 Å². The van der Waals surface area contributed by atoms with Crippen molar-refractivity contribution in [2.24, 2.45) is 0 Å². The molecule has 4 aromatic rings. The summed E-state index contributed by atoms with van der Waals surface area (Å²) in [5.74, 6) is 1.43. The highest BCUT2D eigenvalue weighted by Gasteiger charge is 2.22. The largest absolute Gasteiger partial charge is 0.444 e. The number of benzene rings is 2. The number of hydrogen-bond donors (Lipinski definition) is 0. The number of oxazole rings is 1. The van der Waals surface area contributed by atoms with Crippen LogP contribution in [0.25, 0.3) is 17.1 Å². The van der Waals surface area contributed by atoms with E-state index in [0.717, 1.165) is 41.1 Å². The second kappa shape index (κ2) is 9.13. The van der Waals surface area contributed by atoms with E-state index in [1.54, 1.807) is 18.4 Å². The summed E-state index contributed by atoms with van der Waals surface area (Å²) in [6.07, 6.45) is 1.60. The lowest BCUT2D eigenvalue weighted by atomic mass is 10.2. The molecule has 2 aromatic heterocycles. The van der Waals surface area contributed by atoms with Gasteiger partial charge in [-0.3, -0.25) is 4.57 Å². The van der Waals surface area contributed by atoms with Crippen molar-refractivity contribution < 1.29 is 13.5 Å². The highest BCUT2D eigenvalue weighted by atomic mass is 32.2. The minimum atomic E-state index is -0.321. The Hall–Kier alpha value is -3.17. The Labute approximate surface area is 189 Å². The van der Waals surface area contributed by atoms with E-state index in [1.807, 2.05) is 6.07 Å². The number of anilines is 1. The number of hydrogen-bond acceptors (Lipinski definition) is 7. The molecule has 0 atom stereocenters. The van der Waals surface area contributed by atoms with Crippen LogP contribution in [0.2, 0.25) is 0 Å². The Morgan fingerprint density at radius 1 is 1.06 bits per heavy atom. The van der Waals surface area contributed by atoms with Gasteiger partial charge < -0.3 is 14.1 Å². The zero-order chi connectivity index (χ0) is 21.9. The SMILES string of the molecule is Cc1cccc(-n2c(SCc3coc(-c4cccc(F)c4)n3)nnc2N2CCOCC2)c1. The van der Waals surface area contributed by atoms with E-state index in [1.165, 1.54) is 23.9 Å². The maximum Gasteiger partial charge on any atom is 0.232 e. The summed E-state index contributed by atoms with van der Waals surface area (Å²) in [5, 5.41) is 9.74. The fourth-order valence-electron chi connectivity index (χ4n) is 3.58. The number of ether oxygens (including phenoxy) is 1. The average molecular weight is 452 g/mol. The van der Waals surface area contributed by atoms with Crippen LogP contribution in [-0.4, -0.2) is 46.1 Å². The summed E-state index contributed by atoms with van der Waals surface area (Å²) in [7, 11) is 0. The van der Waals surface area contributed by atoms with Crippen molar-refractivity contribution >= 4 is 17.7 Å². The monoisotopic (exact) mass is 451 g/mol. The molecule has 0 amide bonds. The molecule has 0 unspecified atom stereocenters. The fourth-order valence-corrected chi connectivity index (χ4v) is 4.41. The predicted molar refractivity (Wildman–Crippen MR) is 121 cm³/mol. The van der Waals surface area contributed by atoms with Gasteiger partial charge in [0, 0.05) is 24.4 Å². The van der Waals surface area contributed by atoms with Crippen LogP contribution in [0.1, 0.15) is 11.3 Å². The fraction of sp³-hybridized carbons (Fsp3) is 0.261. The average Bonchev–Trinajstić information content (AvgIpc) is 3.46. The van der Waals surface area contributed by atoms with Gasteiger partial charge in [0.15, 0.2) is 5.16 Å². The van der Waals surface area contributed by atoms with E-state index in [0.29, 0.717) is 30.4 Å². The highest BCUT2D eigenvalue weighted by molar-refractivity contribution is 7.98. The zero-order valence-corrected chi connectivity index (χ0v) is 18.4. The summed E-state index contributed by atoms with van der Waals surface area (Å²) >= 11 is 1.53. The molecule has 164 valence electrons. The minimum absolute atomic E-state index is 0.321. The van der Waals surface area contributed by atoms with E-state index in [-0.39, 0.29) is 5.82 Å². The second-order valence-electron chi connectivity index (χ2n) is 7.50. The molecule has 0 N–H and O–H groups in total. The van der Waals surface area contributed by atoms with Crippen molar-refractivity contribution in [1.82, 2.24) is 19.7 Å². The first kappa shape index (κ1) is 20.7. The molecule has 1 aliphatic heterocycles. The van der Waals surface area contributed by atoms with Gasteiger partial charge in [-0.25, -0.2) is 9.37 Å². The maximum absolute atomic E-state index is 13.5. The third-order valence-corrected chi connectivity index (χ3v) is 6.11. The Morgan fingerprint density at radius 2 is 1.91 bits per heavy atom. The van der Waals surface area contributed by atoms with Crippen LogP contribution in [-0.2, 0) is 10.5 Å². The summed E-state index contributed by atoms with van der Waals surface area (Å²) in [6, 6.07) is 14.5. The molecular weight excluding hydrogens is 429 g/mol. The molecule has 0 spiro atoms. The first-order chi connectivity index (χ1) is 15.7. The van der Waals surface area contributed by atoms with Gasteiger partial charge in [-0.2, -0.15) is 0 Å². The number of rotatable bonds is 6. The Kier molecular flexibility index (Phi) is 5.91. The van der Waals surface area contributed by atoms with Gasteiger partial charge in [-0.1, -0.05) is 30.0 Å². The normalized spacial score (nSPS) is 14.1.